The molecule has 0 saturated carbocycles. The molecule has 0 aliphatic heterocycles. The first-order chi connectivity index (χ1) is 8.19. The number of aromatic nitrogens is 2. The predicted octanol–water partition coefficient (Wildman–Crippen LogP) is 1.39. The van der Waals surface area contributed by atoms with Crippen LogP contribution in [0.4, 0.5) is 0 Å². The number of nitriles is 1. The number of fused-ring (bicyclic) bond motifs is 1. The van der Waals surface area contributed by atoms with Gasteiger partial charge in [-0.1, -0.05) is 6.07 Å². The summed E-state index contributed by atoms with van der Waals surface area (Å²) in [6, 6.07) is 7.59. The molecule has 0 fully saturated rings. The number of hydrogen-bond donors (Lipinski definition) is 1. The quantitative estimate of drug-likeness (QED) is 0.844. The van der Waals surface area contributed by atoms with Crippen molar-refractivity contribution in [3.63, 3.8) is 0 Å². The van der Waals surface area contributed by atoms with Crippen LogP contribution in [-0.2, 0) is 0 Å². The van der Waals surface area contributed by atoms with Crippen LogP contribution in [0.25, 0.3) is 5.52 Å². The molecule has 0 spiro atoms. The summed E-state index contributed by atoms with van der Waals surface area (Å²) >= 11 is 0. The maximum absolute atomic E-state index is 9.18. The summed E-state index contributed by atoms with van der Waals surface area (Å²) < 4.78 is 6.92. The normalized spacial score (nSPS) is 10.2. The summed E-state index contributed by atoms with van der Waals surface area (Å²) in [4.78, 5) is 4.01. The first kappa shape index (κ1) is 11.1. The lowest BCUT2D eigenvalue weighted by Crippen LogP contribution is -2.21. The number of aryl methyl sites for hydroxylation is 1. The fourth-order valence-electron chi connectivity index (χ4n) is 1.75. The van der Waals surface area contributed by atoms with Crippen LogP contribution in [0.5, 0.6) is 5.88 Å². The fraction of sp³-hybridized carbons (Fsp3) is 0.250. The van der Waals surface area contributed by atoms with Crippen LogP contribution >= 0.6 is 0 Å². The molecular weight excluding hydrogens is 216 g/mol. The van der Waals surface area contributed by atoms with Crippen LogP contribution in [0.2, 0.25) is 0 Å². The van der Waals surface area contributed by atoms with E-state index in [1.165, 1.54) is 0 Å². The van der Waals surface area contributed by atoms with E-state index in [1.807, 2.05) is 26.0 Å². The summed E-state index contributed by atoms with van der Waals surface area (Å²) in [6.07, 6.45) is 0. The summed E-state index contributed by atoms with van der Waals surface area (Å²) in [6.45, 7) is 4.11. The Balaban J connectivity index is 2.92. The molecule has 0 bridgehead atoms. The molecule has 2 heterocycles. The van der Waals surface area contributed by atoms with Gasteiger partial charge in [-0.05, 0) is 26.0 Å². The van der Waals surface area contributed by atoms with Crippen molar-refractivity contribution >= 4 is 5.52 Å². The lowest BCUT2D eigenvalue weighted by atomic mass is 10.2. The van der Waals surface area contributed by atoms with E-state index >= 15 is 0 Å². The van der Waals surface area contributed by atoms with Gasteiger partial charge in [-0.2, -0.15) is 10.2 Å². The molecule has 0 atom stereocenters. The largest absolute Gasteiger partial charge is 0.477 e. The van der Waals surface area contributed by atoms with Crippen molar-refractivity contribution in [2.45, 2.75) is 13.8 Å². The van der Waals surface area contributed by atoms with Crippen LogP contribution in [0, 0.1) is 23.7 Å². The number of ether oxygens (including phenoxy) is 1. The Bertz CT molecular complexity index is 666. The zero-order valence-corrected chi connectivity index (χ0v) is 9.69. The Kier molecular flexibility index (Phi) is 2.79. The van der Waals surface area contributed by atoms with Gasteiger partial charge < -0.3 is 4.74 Å². The average molecular weight is 228 g/mol. The molecule has 2 aromatic rings. The Morgan fingerprint density at radius 3 is 2.94 bits per heavy atom. The van der Waals surface area contributed by atoms with E-state index in [0.29, 0.717) is 17.7 Å². The van der Waals surface area contributed by atoms with Crippen molar-refractivity contribution in [2.75, 3.05) is 6.61 Å². The third kappa shape index (κ3) is 1.74. The van der Waals surface area contributed by atoms with Crippen molar-refractivity contribution in [1.29, 1.82) is 10.7 Å². The van der Waals surface area contributed by atoms with Crippen LogP contribution in [0.3, 0.4) is 0 Å². The topological polar surface area (TPSA) is 74.2 Å². The highest BCUT2D eigenvalue weighted by molar-refractivity contribution is 5.64. The molecule has 86 valence electrons. The molecule has 2 rings (SSSR count). The molecule has 0 aromatic carbocycles. The van der Waals surface area contributed by atoms with E-state index in [0.717, 1.165) is 5.69 Å². The lowest BCUT2D eigenvalue weighted by Gasteiger charge is -2.10. The fourth-order valence-corrected chi connectivity index (χ4v) is 1.75. The molecule has 0 unspecified atom stereocenters. The van der Waals surface area contributed by atoms with Gasteiger partial charge in [0.1, 0.15) is 11.6 Å². The van der Waals surface area contributed by atoms with E-state index in [4.69, 9.17) is 10.1 Å². The molecule has 0 aliphatic carbocycles. The second kappa shape index (κ2) is 4.26. The molecule has 0 saturated heterocycles. The number of pyridine rings is 1. The highest BCUT2D eigenvalue weighted by Gasteiger charge is 2.12. The predicted molar refractivity (Wildman–Crippen MR) is 61.7 cm³/mol. The first-order valence-corrected chi connectivity index (χ1v) is 5.29. The van der Waals surface area contributed by atoms with E-state index in [9.17, 15) is 5.26 Å². The molecule has 0 aliphatic rings. The monoisotopic (exact) mass is 228 g/mol. The van der Waals surface area contributed by atoms with E-state index < -0.39 is 0 Å². The third-order valence-electron chi connectivity index (χ3n) is 2.47. The minimum Gasteiger partial charge on any atom is -0.477 e. The van der Waals surface area contributed by atoms with Gasteiger partial charge in [-0.25, -0.2) is 0 Å². The van der Waals surface area contributed by atoms with Gasteiger partial charge in [0, 0.05) is 5.69 Å². The van der Waals surface area contributed by atoms with Gasteiger partial charge in [0.25, 0.3) is 0 Å². The van der Waals surface area contributed by atoms with Gasteiger partial charge >= 0.3 is 0 Å². The summed E-state index contributed by atoms with van der Waals surface area (Å²) in [5, 5.41) is 17.0. The summed E-state index contributed by atoms with van der Waals surface area (Å²) in [5.41, 5.74) is 1.95. The zero-order valence-electron chi connectivity index (χ0n) is 9.69. The second-order valence-corrected chi connectivity index (χ2v) is 3.55. The highest BCUT2D eigenvalue weighted by Crippen LogP contribution is 2.18. The number of nitrogens with zero attached hydrogens (tertiary/aromatic N) is 3. The van der Waals surface area contributed by atoms with Crippen molar-refractivity contribution < 1.29 is 4.74 Å². The minimum absolute atomic E-state index is 0.0700. The van der Waals surface area contributed by atoms with Gasteiger partial charge in [0.2, 0.25) is 11.5 Å². The smallest absolute Gasteiger partial charge is 0.237 e. The van der Waals surface area contributed by atoms with Crippen molar-refractivity contribution in [1.82, 2.24) is 9.38 Å². The highest BCUT2D eigenvalue weighted by atomic mass is 16.5. The van der Waals surface area contributed by atoms with Crippen LogP contribution in [0.15, 0.2) is 18.2 Å². The van der Waals surface area contributed by atoms with Crippen molar-refractivity contribution in [3.05, 3.63) is 35.1 Å². The van der Waals surface area contributed by atoms with Crippen molar-refractivity contribution in [3.8, 4) is 11.9 Å². The maximum Gasteiger partial charge on any atom is 0.237 e. The van der Waals surface area contributed by atoms with E-state index in [-0.39, 0.29) is 11.5 Å². The van der Waals surface area contributed by atoms with Gasteiger partial charge in [0.05, 0.1) is 12.1 Å². The standard InChI is InChI=1S/C12H12N4O/c1-3-17-11-9(7-13)10-6-4-5-8(2)16(10)12(14)15-11/h4-6,14H,3H2,1-2H3. The molecular formula is C12H12N4O. The maximum atomic E-state index is 9.18. The molecule has 5 heteroatoms. The van der Waals surface area contributed by atoms with E-state index in [2.05, 4.69) is 11.1 Å². The Hall–Kier alpha value is -2.35. The Morgan fingerprint density at radius 1 is 1.53 bits per heavy atom. The van der Waals surface area contributed by atoms with Crippen LogP contribution in [-0.4, -0.2) is 16.0 Å². The Labute approximate surface area is 98.4 Å². The molecule has 5 nitrogen and oxygen atoms in total. The third-order valence-corrected chi connectivity index (χ3v) is 2.47. The van der Waals surface area contributed by atoms with Crippen LogP contribution < -0.4 is 10.4 Å². The van der Waals surface area contributed by atoms with Crippen LogP contribution in [0.1, 0.15) is 18.2 Å². The summed E-state index contributed by atoms with van der Waals surface area (Å²) in [7, 11) is 0. The number of nitrogens with one attached hydrogen (secondary N) is 1. The van der Waals surface area contributed by atoms with Gasteiger partial charge in [0.15, 0.2) is 0 Å². The molecule has 0 amide bonds. The number of hydrogen-bond acceptors (Lipinski definition) is 4. The molecule has 1 N–H and O–H groups in total. The lowest BCUT2D eigenvalue weighted by molar-refractivity contribution is 0.323. The molecule has 17 heavy (non-hydrogen) atoms. The van der Waals surface area contributed by atoms with E-state index in [1.54, 1.807) is 10.5 Å². The second-order valence-electron chi connectivity index (χ2n) is 3.55. The SMILES string of the molecule is CCOc1nc(=N)n2c(C)cccc2c1C#N. The number of rotatable bonds is 2. The van der Waals surface area contributed by atoms with Gasteiger partial charge in [-0.3, -0.25) is 9.81 Å². The van der Waals surface area contributed by atoms with Gasteiger partial charge in [-0.15, -0.1) is 0 Å². The van der Waals surface area contributed by atoms with Crippen molar-refractivity contribution in [2.24, 2.45) is 0 Å². The zero-order chi connectivity index (χ0) is 12.4. The minimum atomic E-state index is 0.0700. The average Bonchev–Trinajstić information content (AvgIpc) is 2.29. The molecule has 0 radical (unpaired) electrons. The first-order valence-electron chi connectivity index (χ1n) is 5.29. The Morgan fingerprint density at radius 2 is 2.29 bits per heavy atom. The summed E-state index contributed by atoms with van der Waals surface area (Å²) in [5.74, 6) is 0.227. The molecule has 2 aromatic heterocycles.